The van der Waals surface area contributed by atoms with Gasteiger partial charge in [-0.1, -0.05) is 6.07 Å². The molecule has 2 rings (SSSR count). The Morgan fingerprint density at radius 2 is 2.00 bits per heavy atom. The van der Waals surface area contributed by atoms with Crippen LogP contribution in [0.3, 0.4) is 0 Å². The van der Waals surface area contributed by atoms with Crippen LogP contribution in [0, 0.1) is 18.6 Å². The summed E-state index contributed by atoms with van der Waals surface area (Å²) in [6, 6.07) is 3.99. The Hall–Kier alpha value is -1.91. The third-order valence-corrected chi connectivity index (χ3v) is 2.54. The lowest BCUT2D eigenvalue weighted by atomic mass is 10.1. The molecule has 0 amide bonds. The molecule has 16 heavy (non-hydrogen) atoms. The van der Waals surface area contributed by atoms with Crippen LogP contribution >= 0.6 is 0 Å². The van der Waals surface area contributed by atoms with E-state index in [1.54, 1.807) is 14.0 Å². The van der Waals surface area contributed by atoms with Crippen LogP contribution in [0.1, 0.15) is 5.56 Å². The second kappa shape index (κ2) is 3.59. The highest BCUT2D eigenvalue weighted by Crippen LogP contribution is 2.28. The van der Waals surface area contributed by atoms with Gasteiger partial charge in [0.05, 0.1) is 0 Å². The largest absolute Gasteiger partial charge is 0.384 e. The molecule has 0 aliphatic heterocycles. The third-order valence-electron chi connectivity index (χ3n) is 2.54. The first-order valence-electron chi connectivity index (χ1n) is 4.76. The second-order valence-electron chi connectivity index (χ2n) is 3.58. The minimum absolute atomic E-state index is 0.129. The predicted octanol–water partition coefficient (Wildman–Crippen LogP) is 2.26. The Labute approximate surface area is 91.5 Å². The van der Waals surface area contributed by atoms with Crippen LogP contribution in [0.15, 0.2) is 18.2 Å². The van der Waals surface area contributed by atoms with Gasteiger partial charge in [-0.2, -0.15) is 5.10 Å². The normalized spacial score (nSPS) is 10.8. The second-order valence-corrected chi connectivity index (χ2v) is 3.58. The molecule has 0 aliphatic rings. The lowest BCUT2D eigenvalue weighted by Gasteiger charge is -2.01. The minimum Gasteiger partial charge on any atom is -0.384 e. The average Bonchev–Trinajstić information content (AvgIpc) is 2.50. The zero-order chi connectivity index (χ0) is 11.9. The Kier molecular flexibility index (Phi) is 2.38. The summed E-state index contributed by atoms with van der Waals surface area (Å²) in [6.07, 6.45) is 0. The van der Waals surface area contributed by atoms with E-state index in [1.165, 1.54) is 16.8 Å². The molecule has 1 aromatic carbocycles. The summed E-state index contributed by atoms with van der Waals surface area (Å²) in [5.41, 5.74) is 6.86. The summed E-state index contributed by atoms with van der Waals surface area (Å²) < 4.78 is 28.0. The van der Waals surface area contributed by atoms with Gasteiger partial charge in [0, 0.05) is 18.2 Å². The molecule has 2 aromatic rings. The molecular weight excluding hydrogens is 212 g/mol. The Bertz CT molecular complexity index is 546. The fraction of sp³-hybridized carbons (Fsp3) is 0.182. The summed E-state index contributed by atoms with van der Waals surface area (Å²) in [7, 11) is 1.66. The van der Waals surface area contributed by atoms with Gasteiger partial charge in [-0.3, -0.25) is 4.68 Å². The number of aromatic nitrogens is 2. The standard InChI is InChI=1S/C11H11F2N3/c1-6-10(15-16(2)11(6)14)7-4-3-5-8(12)9(7)13/h3-5H,14H2,1-2H3. The fourth-order valence-corrected chi connectivity index (χ4v) is 1.59. The van der Waals surface area contributed by atoms with Crippen molar-refractivity contribution in [2.24, 2.45) is 7.05 Å². The van der Waals surface area contributed by atoms with Crippen molar-refractivity contribution >= 4 is 5.82 Å². The fourth-order valence-electron chi connectivity index (χ4n) is 1.59. The van der Waals surface area contributed by atoms with Crippen molar-refractivity contribution in [3.8, 4) is 11.3 Å². The molecule has 0 radical (unpaired) electrons. The highest BCUT2D eigenvalue weighted by atomic mass is 19.2. The van der Waals surface area contributed by atoms with E-state index < -0.39 is 11.6 Å². The SMILES string of the molecule is Cc1c(-c2cccc(F)c2F)nn(C)c1N. The van der Waals surface area contributed by atoms with E-state index in [-0.39, 0.29) is 5.56 Å². The molecule has 5 heteroatoms. The van der Waals surface area contributed by atoms with Crippen molar-refractivity contribution in [1.29, 1.82) is 0 Å². The summed E-state index contributed by atoms with van der Waals surface area (Å²) in [6.45, 7) is 1.72. The highest BCUT2D eigenvalue weighted by Gasteiger charge is 2.16. The average molecular weight is 223 g/mol. The highest BCUT2D eigenvalue weighted by molar-refractivity contribution is 5.68. The van der Waals surface area contributed by atoms with Gasteiger partial charge in [0.15, 0.2) is 11.6 Å². The third kappa shape index (κ3) is 1.44. The van der Waals surface area contributed by atoms with E-state index in [0.29, 0.717) is 17.1 Å². The first-order valence-corrected chi connectivity index (χ1v) is 4.76. The molecule has 0 saturated heterocycles. The first kappa shape index (κ1) is 10.6. The molecule has 2 N–H and O–H groups in total. The molecule has 0 atom stereocenters. The monoisotopic (exact) mass is 223 g/mol. The Balaban J connectivity index is 2.68. The molecule has 0 unspecified atom stereocenters. The van der Waals surface area contributed by atoms with Crippen LogP contribution in [0.25, 0.3) is 11.3 Å². The first-order chi connectivity index (χ1) is 7.52. The van der Waals surface area contributed by atoms with E-state index >= 15 is 0 Å². The van der Waals surface area contributed by atoms with Gasteiger partial charge in [0.25, 0.3) is 0 Å². The topological polar surface area (TPSA) is 43.8 Å². The van der Waals surface area contributed by atoms with Crippen LogP contribution in [-0.2, 0) is 7.05 Å². The van der Waals surface area contributed by atoms with Crippen LogP contribution in [0.4, 0.5) is 14.6 Å². The van der Waals surface area contributed by atoms with E-state index in [0.717, 1.165) is 6.07 Å². The van der Waals surface area contributed by atoms with Crippen molar-refractivity contribution in [3.63, 3.8) is 0 Å². The molecule has 1 aromatic heterocycles. The molecule has 0 spiro atoms. The quantitative estimate of drug-likeness (QED) is 0.805. The maximum absolute atomic E-state index is 13.5. The Morgan fingerprint density at radius 3 is 2.56 bits per heavy atom. The van der Waals surface area contributed by atoms with Gasteiger partial charge in [0.1, 0.15) is 11.5 Å². The smallest absolute Gasteiger partial charge is 0.168 e. The number of nitrogen functional groups attached to an aromatic ring is 1. The van der Waals surface area contributed by atoms with Gasteiger partial charge in [0.2, 0.25) is 0 Å². The zero-order valence-electron chi connectivity index (χ0n) is 8.96. The Morgan fingerprint density at radius 1 is 1.31 bits per heavy atom. The summed E-state index contributed by atoms with van der Waals surface area (Å²) in [4.78, 5) is 0. The number of hydrogen-bond donors (Lipinski definition) is 1. The van der Waals surface area contributed by atoms with Crippen molar-refractivity contribution in [1.82, 2.24) is 9.78 Å². The molecule has 0 saturated carbocycles. The van der Waals surface area contributed by atoms with E-state index in [1.807, 2.05) is 0 Å². The molecule has 1 heterocycles. The molecular formula is C11H11F2N3. The molecule has 0 aliphatic carbocycles. The van der Waals surface area contributed by atoms with Crippen molar-refractivity contribution < 1.29 is 8.78 Å². The van der Waals surface area contributed by atoms with Crippen molar-refractivity contribution in [2.45, 2.75) is 6.92 Å². The number of anilines is 1. The predicted molar refractivity (Wildman–Crippen MR) is 57.7 cm³/mol. The summed E-state index contributed by atoms with van der Waals surface area (Å²) in [5.74, 6) is -1.34. The number of nitrogens with zero attached hydrogens (tertiary/aromatic N) is 2. The van der Waals surface area contributed by atoms with Crippen LogP contribution in [-0.4, -0.2) is 9.78 Å². The maximum Gasteiger partial charge on any atom is 0.168 e. The van der Waals surface area contributed by atoms with Gasteiger partial charge >= 0.3 is 0 Å². The van der Waals surface area contributed by atoms with Gasteiger partial charge < -0.3 is 5.73 Å². The van der Waals surface area contributed by atoms with Crippen LogP contribution in [0.5, 0.6) is 0 Å². The van der Waals surface area contributed by atoms with E-state index in [4.69, 9.17) is 5.73 Å². The zero-order valence-corrected chi connectivity index (χ0v) is 8.96. The molecule has 0 fully saturated rings. The number of halogens is 2. The van der Waals surface area contributed by atoms with Crippen molar-refractivity contribution in [2.75, 3.05) is 5.73 Å². The van der Waals surface area contributed by atoms with E-state index in [2.05, 4.69) is 5.10 Å². The van der Waals surface area contributed by atoms with Gasteiger partial charge in [-0.25, -0.2) is 8.78 Å². The summed E-state index contributed by atoms with van der Waals surface area (Å²) >= 11 is 0. The number of benzene rings is 1. The number of rotatable bonds is 1. The number of aryl methyl sites for hydroxylation is 1. The van der Waals surface area contributed by atoms with E-state index in [9.17, 15) is 8.78 Å². The van der Waals surface area contributed by atoms with Crippen LogP contribution in [0.2, 0.25) is 0 Å². The molecule has 3 nitrogen and oxygen atoms in total. The minimum atomic E-state index is -0.899. The maximum atomic E-state index is 13.5. The van der Waals surface area contributed by atoms with Crippen molar-refractivity contribution in [3.05, 3.63) is 35.4 Å². The van der Waals surface area contributed by atoms with Gasteiger partial charge in [-0.05, 0) is 19.1 Å². The molecule has 84 valence electrons. The molecule has 0 bridgehead atoms. The summed E-state index contributed by atoms with van der Waals surface area (Å²) in [5, 5.41) is 4.07. The lowest BCUT2D eigenvalue weighted by Crippen LogP contribution is -1.97. The number of nitrogens with two attached hydrogens (primary N) is 1. The van der Waals surface area contributed by atoms with Crippen LogP contribution < -0.4 is 5.73 Å². The number of hydrogen-bond acceptors (Lipinski definition) is 2. The lowest BCUT2D eigenvalue weighted by molar-refractivity contribution is 0.510. The van der Waals surface area contributed by atoms with Gasteiger partial charge in [-0.15, -0.1) is 0 Å².